The summed E-state index contributed by atoms with van der Waals surface area (Å²) in [6, 6.07) is 24.5. The summed E-state index contributed by atoms with van der Waals surface area (Å²) in [6.45, 7) is 7.59. The molecule has 1 aromatic heterocycles. The van der Waals surface area contributed by atoms with Crippen molar-refractivity contribution >= 4 is 34.8 Å². The van der Waals surface area contributed by atoms with Gasteiger partial charge in [-0.25, -0.2) is 9.79 Å². The highest BCUT2D eigenvalue weighted by molar-refractivity contribution is 7.07. The summed E-state index contributed by atoms with van der Waals surface area (Å²) >= 11 is 1.31. The molecular formula is C34H33N3O5S. The molecule has 8 nitrogen and oxygen atoms in total. The number of anilines is 1. The summed E-state index contributed by atoms with van der Waals surface area (Å²) in [7, 11) is 0. The van der Waals surface area contributed by atoms with E-state index in [1.54, 1.807) is 11.5 Å². The average molecular weight is 596 g/mol. The van der Waals surface area contributed by atoms with Crippen LogP contribution in [0.2, 0.25) is 0 Å². The number of thiazole rings is 1. The molecule has 0 bridgehead atoms. The number of aromatic nitrogens is 1. The van der Waals surface area contributed by atoms with Crippen molar-refractivity contribution in [1.29, 1.82) is 0 Å². The van der Waals surface area contributed by atoms with Crippen LogP contribution in [0.25, 0.3) is 11.8 Å². The smallest absolute Gasteiger partial charge is 0.338 e. The molecule has 1 fully saturated rings. The number of esters is 1. The predicted octanol–water partition coefficient (Wildman–Crippen LogP) is 4.17. The Bertz CT molecular complexity index is 1800. The number of fused-ring (bicyclic) bond motifs is 1. The minimum atomic E-state index is -0.730. The summed E-state index contributed by atoms with van der Waals surface area (Å²) in [6.07, 6.45) is 1.89. The summed E-state index contributed by atoms with van der Waals surface area (Å²) in [5, 5.41) is 0. The van der Waals surface area contributed by atoms with Crippen molar-refractivity contribution in [2.75, 3.05) is 44.4 Å². The van der Waals surface area contributed by atoms with Crippen LogP contribution in [0.5, 0.6) is 5.75 Å². The van der Waals surface area contributed by atoms with Crippen LogP contribution in [0.15, 0.2) is 94.2 Å². The topological polar surface area (TPSA) is 82.4 Å². The van der Waals surface area contributed by atoms with E-state index >= 15 is 0 Å². The summed E-state index contributed by atoms with van der Waals surface area (Å²) in [5.41, 5.74) is 4.19. The first-order valence-corrected chi connectivity index (χ1v) is 15.3. The van der Waals surface area contributed by atoms with Crippen LogP contribution < -0.4 is 24.5 Å². The number of ether oxygens (including phenoxy) is 3. The van der Waals surface area contributed by atoms with Gasteiger partial charge in [-0.3, -0.25) is 9.36 Å². The van der Waals surface area contributed by atoms with Gasteiger partial charge in [0.1, 0.15) is 5.75 Å². The fourth-order valence-corrected chi connectivity index (χ4v) is 6.42. The quantitative estimate of drug-likeness (QED) is 0.285. The number of hydrogen-bond donors (Lipinski definition) is 0. The Morgan fingerprint density at radius 1 is 0.977 bits per heavy atom. The molecule has 1 saturated heterocycles. The Hall–Kier alpha value is -4.47. The molecular weight excluding hydrogens is 562 g/mol. The average Bonchev–Trinajstić information content (AvgIpc) is 3.36. The number of carbonyl (C=O) groups is 1. The number of hydrogen-bond acceptors (Lipinski definition) is 8. The van der Waals surface area contributed by atoms with Gasteiger partial charge in [-0.05, 0) is 55.3 Å². The van der Waals surface area contributed by atoms with Gasteiger partial charge in [0.25, 0.3) is 5.56 Å². The van der Waals surface area contributed by atoms with E-state index < -0.39 is 12.0 Å². The molecule has 2 aliphatic rings. The van der Waals surface area contributed by atoms with Crippen molar-refractivity contribution in [1.82, 2.24) is 4.57 Å². The minimum Gasteiger partial charge on any atom is -0.494 e. The Kier molecular flexibility index (Phi) is 8.53. The number of benzene rings is 3. The molecule has 220 valence electrons. The van der Waals surface area contributed by atoms with E-state index in [0.717, 1.165) is 48.7 Å². The third kappa shape index (κ3) is 5.91. The second-order valence-electron chi connectivity index (χ2n) is 10.1. The van der Waals surface area contributed by atoms with E-state index in [-0.39, 0.29) is 12.2 Å². The Labute approximate surface area is 253 Å². The van der Waals surface area contributed by atoms with Crippen LogP contribution in [0.3, 0.4) is 0 Å². The van der Waals surface area contributed by atoms with Crippen molar-refractivity contribution in [3.05, 3.63) is 121 Å². The van der Waals surface area contributed by atoms with E-state index in [1.165, 1.54) is 11.3 Å². The minimum absolute atomic E-state index is 0.200. The van der Waals surface area contributed by atoms with Crippen molar-refractivity contribution in [3.8, 4) is 5.75 Å². The lowest BCUT2D eigenvalue weighted by molar-refractivity contribution is -0.138. The Morgan fingerprint density at radius 2 is 1.70 bits per heavy atom. The van der Waals surface area contributed by atoms with E-state index in [9.17, 15) is 9.59 Å². The molecule has 2 aliphatic heterocycles. The van der Waals surface area contributed by atoms with E-state index in [2.05, 4.69) is 17.0 Å². The van der Waals surface area contributed by atoms with Crippen LogP contribution in [0, 0.1) is 0 Å². The van der Waals surface area contributed by atoms with Crippen molar-refractivity contribution in [3.63, 3.8) is 0 Å². The van der Waals surface area contributed by atoms with Crippen LogP contribution >= 0.6 is 11.3 Å². The molecule has 0 amide bonds. The van der Waals surface area contributed by atoms with Gasteiger partial charge in [0.2, 0.25) is 0 Å². The van der Waals surface area contributed by atoms with Gasteiger partial charge in [0.15, 0.2) is 4.80 Å². The van der Waals surface area contributed by atoms with Crippen molar-refractivity contribution in [2.45, 2.75) is 19.9 Å². The van der Waals surface area contributed by atoms with Crippen LogP contribution in [-0.2, 0) is 14.3 Å². The largest absolute Gasteiger partial charge is 0.494 e. The maximum atomic E-state index is 14.1. The van der Waals surface area contributed by atoms with Gasteiger partial charge in [0, 0.05) is 24.3 Å². The van der Waals surface area contributed by atoms with Crippen LogP contribution in [0.1, 0.15) is 36.6 Å². The highest BCUT2D eigenvalue weighted by Gasteiger charge is 2.35. The summed E-state index contributed by atoms with van der Waals surface area (Å²) in [5.74, 6) is 0.209. The zero-order valence-corrected chi connectivity index (χ0v) is 25.0. The molecule has 0 saturated carbocycles. The fourth-order valence-electron chi connectivity index (χ4n) is 5.42. The third-order valence-corrected chi connectivity index (χ3v) is 8.43. The molecule has 0 aliphatic carbocycles. The van der Waals surface area contributed by atoms with Gasteiger partial charge in [-0.1, -0.05) is 65.9 Å². The summed E-state index contributed by atoms with van der Waals surface area (Å²) < 4.78 is 18.8. The number of carbonyl (C=O) groups excluding carboxylic acids is 1. The normalized spacial score (nSPS) is 16.9. The van der Waals surface area contributed by atoms with E-state index in [4.69, 9.17) is 19.2 Å². The molecule has 9 heteroatoms. The van der Waals surface area contributed by atoms with Gasteiger partial charge in [-0.15, -0.1) is 0 Å². The van der Waals surface area contributed by atoms with E-state index in [0.29, 0.717) is 33.0 Å². The first-order chi connectivity index (χ1) is 21.1. The molecule has 43 heavy (non-hydrogen) atoms. The van der Waals surface area contributed by atoms with Crippen molar-refractivity contribution < 1.29 is 19.0 Å². The highest BCUT2D eigenvalue weighted by atomic mass is 32.1. The van der Waals surface area contributed by atoms with Gasteiger partial charge < -0.3 is 19.1 Å². The SMILES string of the molecule is CCOC(=O)C1=C(c2ccccc2)N=c2s/c(=C\c3ccc(N4CCOCC4)cc3)c(=O)n2[C@@H]1c1ccc(OCC)cc1. The molecule has 3 heterocycles. The molecule has 0 radical (unpaired) electrons. The monoisotopic (exact) mass is 595 g/mol. The van der Waals surface area contributed by atoms with Gasteiger partial charge >= 0.3 is 5.97 Å². The third-order valence-electron chi connectivity index (χ3n) is 7.45. The Balaban J connectivity index is 1.50. The molecule has 4 aromatic rings. The zero-order valence-electron chi connectivity index (χ0n) is 24.2. The first kappa shape index (κ1) is 28.6. The number of nitrogens with zero attached hydrogens (tertiary/aromatic N) is 3. The Morgan fingerprint density at radius 3 is 2.37 bits per heavy atom. The molecule has 0 unspecified atom stereocenters. The molecule has 0 spiro atoms. The van der Waals surface area contributed by atoms with E-state index in [1.807, 2.05) is 79.7 Å². The molecule has 3 aromatic carbocycles. The van der Waals surface area contributed by atoms with Gasteiger partial charge in [0.05, 0.1) is 48.3 Å². The number of morpholine rings is 1. The molecule has 1 atom stereocenters. The maximum absolute atomic E-state index is 14.1. The predicted molar refractivity (Wildman–Crippen MR) is 168 cm³/mol. The standard InChI is InChI=1S/C34H33N3O5S/c1-3-41-27-16-12-25(13-17-27)31-29(33(39)42-4-2)30(24-8-6-5-7-9-24)35-34-37(31)32(38)28(43-34)22-23-10-14-26(15-11-23)36-18-20-40-21-19-36/h5-17,22,31H,3-4,18-21H2,1-2H3/b28-22-/t31-/m1/s1. The lowest BCUT2D eigenvalue weighted by atomic mass is 9.93. The second-order valence-corrected chi connectivity index (χ2v) is 11.1. The highest BCUT2D eigenvalue weighted by Crippen LogP contribution is 2.35. The van der Waals surface area contributed by atoms with Gasteiger partial charge in [-0.2, -0.15) is 0 Å². The second kappa shape index (κ2) is 12.8. The first-order valence-electron chi connectivity index (χ1n) is 14.5. The molecule has 6 rings (SSSR count). The number of rotatable bonds is 8. The van der Waals surface area contributed by atoms with Crippen LogP contribution in [-0.4, -0.2) is 50.1 Å². The molecule has 0 N–H and O–H groups in total. The fraction of sp³-hybridized carbons (Fsp3) is 0.265. The maximum Gasteiger partial charge on any atom is 0.338 e. The van der Waals surface area contributed by atoms with Crippen LogP contribution in [0.4, 0.5) is 5.69 Å². The lowest BCUT2D eigenvalue weighted by Crippen LogP contribution is -2.40. The van der Waals surface area contributed by atoms with Crippen molar-refractivity contribution in [2.24, 2.45) is 4.99 Å². The summed E-state index contributed by atoms with van der Waals surface area (Å²) in [4.78, 5) is 35.5. The lowest BCUT2D eigenvalue weighted by Gasteiger charge is -2.28. The zero-order chi connectivity index (χ0) is 29.8.